The predicted molar refractivity (Wildman–Crippen MR) is 84.3 cm³/mol. The third kappa shape index (κ3) is 3.16. The van der Waals surface area contributed by atoms with Gasteiger partial charge in [-0.3, -0.25) is 15.1 Å². The molecule has 0 aliphatic carbocycles. The molecule has 0 saturated carbocycles. The number of sulfonamides is 1. The van der Waals surface area contributed by atoms with Gasteiger partial charge in [-0.2, -0.15) is 0 Å². The lowest BCUT2D eigenvalue weighted by molar-refractivity contribution is -0.385. The maximum absolute atomic E-state index is 11.9. The Labute approximate surface area is 132 Å². The second-order valence-electron chi connectivity index (χ2n) is 5.78. The third-order valence-electron chi connectivity index (χ3n) is 3.09. The molecule has 2 N–H and O–H groups in total. The molecular weight excluding hydrogens is 326 g/mol. The maximum atomic E-state index is 11.9. The molecule has 0 fully saturated rings. The van der Waals surface area contributed by atoms with Crippen molar-refractivity contribution in [1.29, 1.82) is 0 Å². The van der Waals surface area contributed by atoms with Crippen LogP contribution in [-0.2, 0) is 15.4 Å². The van der Waals surface area contributed by atoms with E-state index in [-0.39, 0.29) is 10.6 Å². The highest BCUT2D eigenvalue weighted by atomic mass is 32.2. The van der Waals surface area contributed by atoms with Gasteiger partial charge >= 0.3 is 0 Å². The van der Waals surface area contributed by atoms with Gasteiger partial charge in [-0.15, -0.1) is 11.3 Å². The first-order valence-electron chi connectivity index (χ1n) is 6.26. The van der Waals surface area contributed by atoms with Gasteiger partial charge in [-0.05, 0) is 11.0 Å². The van der Waals surface area contributed by atoms with Crippen molar-refractivity contribution < 1.29 is 13.3 Å². The molecule has 2 rings (SSSR count). The molecule has 1 aromatic carbocycles. The average molecular weight is 341 g/mol. The molecule has 2 aromatic rings. The molecule has 1 heterocycles. The minimum absolute atomic E-state index is 0.254. The number of primary sulfonamides is 1. The zero-order chi connectivity index (χ0) is 16.7. The van der Waals surface area contributed by atoms with E-state index in [9.17, 15) is 18.5 Å². The topological polar surface area (TPSA) is 116 Å². The van der Waals surface area contributed by atoms with Gasteiger partial charge in [-0.1, -0.05) is 20.8 Å². The summed E-state index contributed by atoms with van der Waals surface area (Å²) in [5, 5.41) is 16.4. The number of benzene rings is 1. The van der Waals surface area contributed by atoms with Crippen LogP contribution in [0, 0.1) is 10.1 Å². The lowest BCUT2D eigenvalue weighted by Gasteiger charge is -2.23. The first-order chi connectivity index (χ1) is 10.0. The van der Waals surface area contributed by atoms with Gasteiger partial charge in [0.2, 0.25) is 10.0 Å². The van der Waals surface area contributed by atoms with E-state index in [0.717, 1.165) is 6.07 Å². The largest absolute Gasteiger partial charge is 0.271 e. The standard InChI is InChI=1S/C13H15N3O4S2/c1-13(2,3)9-4-8(16(17)18)5-11(22(14,19)20)12(9)10-6-15-7-21-10/h4-7H,1-3H3,(H2,14,19,20). The molecule has 9 heteroatoms. The highest BCUT2D eigenvalue weighted by Crippen LogP contribution is 2.41. The van der Waals surface area contributed by atoms with E-state index in [2.05, 4.69) is 4.98 Å². The van der Waals surface area contributed by atoms with E-state index in [1.807, 2.05) is 20.8 Å². The van der Waals surface area contributed by atoms with E-state index >= 15 is 0 Å². The Balaban J connectivity index is 2.98. The van der Waals surface area contributed by atoms with Crippen molar-refractivity contribution in [2.45, 2.75) is 31.1 Å². The fourth-order valence-electron chi connectivity index (χ4n) is 2.12. The number of nitrogens with two attached hydrogens (primary N) is 1. The Hall–Kier alpha value is -1.84. The monoisotopic (exact) mass is 341 g/mol. The quantitative estimate of drug-likeness (QED) is 0.680. The molecule has 0 aliphatic heterocycles. The highest BCUT2D eigenvalue weighted by Gasteiger charge is 2.29. The fourth-order valence-corrected chi connectivity index (χ4v) is 3.66. The van der Waals surface area contributed by atoms with Gasteiger partial charge in [0.25, 0.3) is 5.69 Å². The van der Waals surface area contributed by atoms with E-state index in [1.54, 1.807) is 5.51 Å². The number of aromatic nitrogens is 1. The molecule has 0 spiro atoms. The summed E-state index contributed by atoms with van der Waals surface area (Å²) in [6.07, 6.45) is 1.52. The third-order valence-corrected chi connectivity index (χ3v) is 4.82. The minimum Gasteiger partial charge on any atom is -0.258 e. The zero-order valence-corrected chi connectivity index (χ0v) is 13.9. The minimum atomic E-state index is -4.12. The summed E-state index contributed by atoms with van der Waals surface area (Å²) < 4.78 is 23.9. The normalized spacial score (nSPS) is 12.4. The summed E-state index contributed by atoms with van der Waals surface area (Å²) >= 11 is 1.25. The molecule has 0 radical (unpaired) electrons. The average Bonchev–Trinajstić information content (AvgIpc) is 2.88. The van der Waals surface area contributed by atoms with E-state index in [4.69, 9.17) is 5.14 Å². The van der Waals surface area contributed by atoms with Gasteiger partial charge in [0, 0.05) is 23.9 Å². The van der Waals surface area contributed by atoms with Crippen LogP contribution in [0.15, 0.2) is 28.7 Å². The van der Waals surface area contributed by atoms with Gasteiger partial charge in [0.1, 0.15) is 0 Å². The molecule has 22 heavy (non-hydrogen) atoms. The highest BCUT2D eigenvalue weighted by molar-refractivity contribution is 7.89. The lowest BCUT2D eigenvalue weighted by Crippen LogP contribution is -2.19. The smallest absolute Gasteiger partial charge is 0.258 e. The van der Waals surface area contributed by atoms with E-state index in [1.165, 1.54) is 23.6 Å². The molecular formula is C13H15N3O4S2. The van der Waals surface area contributed by atoms with Crippen molar-refractivity contribution in [1.82, 2.24) is 4.98 Å². The summed E-state index contributed by atoms with van der Waals surface area (Å²) in [7, 11) is -4.12. The molecule has 0 saturated heterocycles. The Morgan fingerprint density at radius 3 is 2.36 bits per heavy atom. The number of hydrogen-bond acceptors (Lipinski definition) is 6. The molecule has 7 nitrogen and oxygen atoms in total. The lowest BCUT2D eigenvalue weighted by atomic mass is 9.83. The van der Waals surface area contributed by atoms with Crippen LogP contribution in [-0.4, -0.2) is 18.3 Å². The molecule has 0 amide bonds. The number of thiazole rings is 1. The number of nitro benzene ring substituents is 1. The number of nitro groups is 1. The van der Waals surface area contributed by atoms with Crippen molar-refractivity contribution in [2.24, 2.45) is 5.14 Å². The Morgan fingerprint density at radius 2 is 1.95 bits per heavy atom. The van der Waals surface area contributed by atoms with E-state index in [0.29, 0.717) is 16.0 Å². The predicted octanol–water partition coefficient (Wildman–Crippen LogP) is 2.66. The molecule has 118 valence electrons. The number of hydrogen-bond donors (Lipinski definition) is 1. The first kappa shape index (κ1) is 16.5. The fraction of sp³-hybridized carbons (Fsp3) is 0.308. The number of non-ortho nitro benzene ring substituents is 1. The number of nitrogens with zero attached hydrogens (tertiary/aromatic N) is 2. The maximum Gasteiger partial charge on any atom is 0.271 e. The molecule has 0 unspecified atom stereocenters. The Morgan fingerprint density at radius 1 is 1.32 bits per heavy atom. The van der Waals surface area contributed by atoms with Crippen LogP contribution in [0.25, 0.3) is 10.4 Å². The van der Waals surface area contributed by atoms with Crippen molar-refractivity contribution in [3.8, 4) is 10.4 Å². The summed E-state index contributed by atoms with van der Waals surface area (Å²) in [6.45, 7) is 5.55. The van der Waals surface area contributed by atoms with Gasteiger partial charge in [0.15, 0.2) is 0 Å². The van der Waals surface area contributed by atoms with Gasteiger partial charge < -0.3 is 0 Å². The SMILES string of the molecule is CC(C)(C)c1cc([N+](=O)[O-])cc(S(N)(=O)=O)c1-c1cncs1. The zero-order valence-electron chi connectivity index (χ0n) is 12.2. The van der Waals surface area contributed by atoms with Crippen molar-refractivity contribution in [3.63, 3.8) is 0 Å². The number of rotatable bonds is 3. The van der Waals surface area contributed by atoms with Crippen LogP contribution < -0.4 is 5.14 Å². The second-order valence-corrected chi connectivity index (χ2v) is 8.20. The van der Waals surface area contributed by atoms with Crippen LogP contribution in [0.1, 0.15) is 26.3 Å². The summed E-state index contributed by atoms with van der Waals surface area (Å²) in [6, 6.07) is 2.39. The summed E-state index contributed by atoms with van der Waals surface area (Å²) in [4.78, 5) is 14.8. The molecule has 1 aromatic heterocycles. The van der Waals surface area contributed by atoms with Crippen molar-refractivity contribution in [3.05, 3.63) is 39.5 Å². The Kier molecular flexibility index (Phi) is 4.07. The Bertz CT molecular complexity index is 822. The van der Waals surface area contributed by atoms with Crippen LogP contribution in [0.4, 0.5) is 5.69 Å². The first-order valence-corrected chi connectivity index (χ1v) is 8.69. The van der Waals surface area contributed by atoms with Crippen molar-refractivity contribution in [2.75, 3.05) is 0 Å². The van der Waals surface area contributed by atoms with Crippen LogP contribution in [0.2, 0.25) is 0 Å². The molecule has 0 aliphatic rings. The van der Waals surface area contributed by atoms with Crippen molar-refractivity contribution >= 4 is 27.0 Å². The second kappa shape index (κ2) is 5.41. The van der Waals surface area contributed by atoms with Gasteiger partial charge in [0.05, 0.1) is 20.2 Å². The van der Waals surface area contributed by atoms with E-state index < -0.39 is 20.4 Å². The summed E-state index contributed by atoms with van der Waals surface area (Å²) in [5.74, 6) is 0. The van der Waals surface area contributed by atoms with Crippen LogP contribution >= 0.6 is 11.3 Å². The van der Waals surface area contributed by atoms with Gasteiger partial charge in [-0.25, -0.2) is 13.6 Å². The van der Waals surface area contributed by atoms with Crippen LogP contribution in [0.5, 0.6) is 0 Å². The summed E-state index contributed by atoms with van der Waals surface area (Å²) in [5.41, 5.74) is 1.67. The molecule has 0 atom stereocenters. The van der Waals surface area contributed by atoms with Crippen LogP contribution in [0.3, 0.4) is 0 Å². The molecule has 0 bridgehead atoms.